The number of halogens is 1. The Hall–Kier alpha value is -1.43. The molecule has 1 unspecified atom stereocenters. The van der Waals surface area contributed by atoms with Gasteiger partial charge >= 0.3 is 0 Å². The summed E-state index contributed by atoms with van der Waals surface area (Å²) in [6.07, 6.45) is 11.4. The molecule has 0 saturated heterocycles. The molecule has 3 aromatic rings. The lowest BCUT2D eigenvalue weighted by molar-refractivity contribution is 0.244. The third-order valence-corrected chi connectivity index (χ3v) is 7.73. The quantitative estimate of drug-likeness (QED) is 0.169. The van der Waals surface area contributed by atoms with E-state index in [1.54, 1.807) is 0 Å². The third kappa shape index (κ3) is 8.01. The fourth-order valence-corrected chi connectivity index (χ4v) is 5.81. The highest BCUT2D eigenvalue weighted by Crippen LogP contribution is 2.37. The second-order valence-electron chi connectivity index (χ2n) is 8.53. The Kier molecular flexibility index (Phi) is 10.1. The zero-order valence-corrected chi connectivity index (χ0v) is 20.5. The molecular formula is C28H34BrP. The normalized spacial score (nSPS) is 11.9. The molecule has 0 N–H and O–H groups in total. The van der Waals surface area contributed by atoms with E-state index in [0.29, 0.717) is 0 Å². The van der Waals surface area contributed by atoms with Crippen molar-refractivity contribution in [3.63, 3.8) is 0 Å². The van der Waals surface area contributed by atoms with Gasteiger partial charge in [0.2, 0.25) is 0 Å². The van der Waals surface area contributed by atoms with Crippen LogP contribution in [0.25, 0.3) is 0 Å². The Morgan fingerprint density at radius 1 is 0.533 bits per heavy atom. The highest BCUT2D eigenvalue weighted by molar-refractivity contribution is 9.36. The van der Waals surface area contributed by atoms with Crippen molar-refractivity contribution < 1.29 is 0 Å². The molecule has 0 fully saturated rings. The summed E-state index contributed by atoms with van der Waals surface area (Å²) in [6, 6.07) is 33.4. The maximum absolute atomic E-state index is 3.59. The molecular weight excluding hydrogens is 447 g/mol. The molecule has 0 radical (unpaired) electrons. The van der Waals surface area contributed by atoms with E-state index >= 15 is 0 Å². The molecule has 2 heteroatoms. The number of hydrogen-bond acceptors (Lipinski definition) is 0. The largest absolute Gasteiger partial charge is 0.0642 e. The van der Waals surface area contributed by atoms with Crippen LogP contribution in [0.15, 0.2) is 91.0 Å². The zero-order chi connectivity index (χ0) is 20.9. The maximum Gasteiger partial charge on any atom is -0.0176 e. The Balaban J connectivity index is 1.82. The summed E-state index contributed by atoms with van der Waals surface area (Å²) in [5, 5.41) is 0. The van der Waals surface area contributed by atoms with Crippen molar-refractivity contribution in [2.45, 2.75) is 51.4 Å². The molecule has 0 amide bonds. The average molecular weight is 481 g/mol. The van der Waals surface area contributed by atoms with Crippen LogP contribution in [0.5, 0.6) is 0 Å². The molecule has 0 heterocycles. The van der Waals surface area contributed by atoms with Crippen molar-refractivity contribution in [1.82, 2.24) is 0 Å². The van der Waals surface area contributed by atoms with Crippen LogP contribution in [0.2, 0.25) is 0 Å². The molecule has 30 heavy (non-hydrogen) atoms. The van der Waals surface area contributed by atoms with E-state index in [1.165, 1.54) is 55.0 Å². The molecule has 0 nitrogen and oxygen atoms in total. The van der Waals surface area contributed by atoms with Crippen LogP contribution < -0.4 is 0 Å². The number of benzene rings is 3. The minimum absolute atomic E-state index is 0.251. The predicted molar refractivity (Wildman–Crippen MR) is 138 cm³/mol. The van der Waals surface area contributed by atoms with Gasteiger partial charge in [-0.15, -0.1) is 0 Å². The Bertz CT molecular complexity index is 716. The van der Waals surface area contributed by atoms with Crippen molar-refractivity contribution in [2.24, 2.45) is 5.41 Å². The summed E-state index contributed by atoms with van der Waals surface area (Å²) >= 11 is 3.59. The molecule has 0 aliphatic heterocycles. The van der Waals surface area contributed by atoms with Gasteiger partial charge in [0.05, 0.1) is 0 Å². The SMILES string of the molecule is BrPCCCCCCC(Cc1ccccc1)(Cc1ccccc1)Cc1ccccc1. The van der Waals surface area contributed by atoms with Crippen molar-refractivity contribution in [2.75, 3.05) is 6.16 Å². The van der Waals surface area contributed by atoms with Crippen LogP contribution in [0.3, 0.4) is 0 Å². The lowest BCUT2D eigenvalue weighted by Crippen LogP contribution is -2.30. The summed E-state index contributed by atoms with van der Waals surface area (Å²) in [4.78, 5) is 0. The van der Waals surface area contributed by atoms with Crippen LogP contribution in [-0.4, -0.2) is 6.16 Å². The van der Waals surface area contributed by atoms with Crippen molar-refractivity contribution in [3.05, 3.63) is 108 Å². The van der Waals surface area contributed by atoms with Crippen LogP contribution >= 0.6 is 22.8 Å². The molecule has 3 rings (SSSR count). The second kappa shape index (κ2) is 13.1. The average Bonchev–Trinajstić information content (AvgIpc) is 2.78. The number of hydrogen-bond donors (Lipinski definition) is 0. The summed E-state index contributed by atoms with van der Waals surface area (Å²) in [6.45, 7) is 0. The van der Waals surface area contributed by atoms with Gasteiger partial charge in [-0.25, -0.2) is 0 Å². The first-order chi connectivity index (χ1) is 14.8. The highest BCUT2D eigenvalue weighted by atomic mass is 79.9. The fraction of sp³-hybridized carbons (Fsp3) is 0.357. The topological polar surface area (TPSA) is 0 Å². The van der Waals surface area contributed by atoms with E-state index in [-0.39, 0.29) is 5.41 Å². The van der Waals surface area contributed by atoms with Crippen LogP contribution in [-0.2, 0) is 19.3 Å². The summed E-state index contributed by atoms with van der Waals surface area (Å²) in [7, 11) is 0.915. The molecule has 0 aliphatic carbocycles. The summed E-state index contributed by atoms with van der Waals surface area (Å²) in [5.41, 5.74) is 4.64. The third-order valence-electron chi connectivity index (χ3n) is 5.99. The lowest BCUT2D eigenvalue weighted by Gasteiger charge is -2.35. The first-order valence-corrected chi connectivity index (χ1v) is 14.7. The van der Waals surface area contributed by atoms with E-state index in [9.17, 15) is 0 Å². The van der Waals surface area contributed by atoms with E-state index in [1.807, 2.05) is 0 Å². The Labute approximate surface area is 193 Å². The molecule has 1 atom stereocenters. The first kappa shape index (κ1) is 23.2. The molecule has 0 aromatic heterocycles. The second-order valence-corrected chi connectivity index (χ2v) is 11.0. The molecule has 158 valence electrons. The standard InChI is InChI=1S/C28H34BrP/c29-30-21-13-2-1-12-20-28(22-25-14-6-3-7-15-25,23-26-16-8-4-9-17-26)24-27-18-10-5-11-19-27/h3-11,14-19,30H,1-2,12-13,20-24H2. The van der Waals surface area contributed by atoms with Gasteiger partial charge < -0.3 is 0 Å². The zero-order valence-electron chi connectivity index (χ0n) is 17.9. The minimum atomic E-state index is 0.251. The first-order valence-electron chi connectivity index (χ1n) is 11.2. The van der Waals surface area contributed by atoms with Crippen LogP contribution in [0.4, 0.5) is 0 Å². The number of rotatable bonds is 13. The van der Waals surface area contributed by atoms with E-state index in [0.717, 1.165) is 26.5 Å². The van der Waals surface area contributed by atoms with Gasteiger partial charge in [0.25, 0.3) is 0 Å². The minimum Gasteiger partial charge on any atom is -0.0642 e. The monoisotopic (exact) mass is 480 g/mol. The maximum atomic E-state index is 3.59. The molecule has 0 aliphatic rings. The predicted octanol–water partition coefficient (Wildman–Crippen LogP) is 8.64. The van der Waals surface area contributed by atoms with Gasteiger partial charge in [0.1, 0.15) is 0 Å². The van der Waals surface area contributed by atoms with Gasteiger partial charge in [0.15, 0.2) is 0 Å². The fourth-order valence-electron chi connectivity index (χ4n) is 4.58. The highest BCUT2D eigenvalue weighted by Gasteiger charge is 2.30. The van der Waals surface area contributed by atoms with Gasteiger partial charge in [-0.3, -0.25) is 0 Å². The lowest BCUT2D eigenvalue weighted by atomic mass is 9.69. The van der Waals surface area contributed by atoms with E-state index < -0.39 is 0 Å². The number of unbranched alkanes of at least 4 members (excludes halogenated alkanes) is 3. The van der Waals surface area contributed by atoms with Gasteiger partial charge in [-0.2, -0.15) is 0 Å². The van der Waals surface area contributed by atoms with Crippen molar-refractivity contribution in [1.29, 1.82) is 0 Å². The van der Waals surface area contributed by atoms with Crippen LogP contribution in [0, 0.1) is 5.41 Å². The van der Waals surface area contributed by atoms with Gasteiger partial charge in [0, 0.05) is 0 Å². The molecule has 0 saturated carbocycles. The molecule has 0 spiro atoms. The van der Waals surface area contributed by atoms with Crippen molar-refractivity contribution >= 4 is 22.8 Å². The Morgan fingerprint density at radius 2 is 0.933 bits per heavy atom. The summed E-state index contributed by atoms with van der Waals surface area (Å²) in [5.74, 6) is 0. The van der Waals surface area contributed by atoms with Crippen LogP contribution in [0.1, 0.15) is 48.8 Å². The van der Waals surface area contributed by atoms with Crippen molar-refractivity contribution in [3.8, 4) is 0 Å². The van der Waals surface area contributed by atoms with E-state index in [4.69, 9.17) is 0 Å². The Morgan fingerprint density at radius 3 is 1.33 bits per heavy atom. The summed E-state index contributed by atoms with van der Waals surface area (Å²) < 4.78 is 0. The molecule has 3 aromatic carbocycles. The molecule has 0 bridgehead atoms. The van der Waals surface area contributed by atoms with Gasteiger partial charge in [-0.1, -0.05) is 133 Å². The van der Waals surface area contributed by atoms with E-state index in [2.05, 4.69) is 106 Å². The van der Waals surface area contributed by atoms with Gasteiger partial charge in [-0.05, 0) is 60.4 Å². The smallest absolute Gasteiger partial charge is 0.0176 e.